The van der Waals surface area contributed by atoms with Crippen LogP contribution in [-0.2, 0) is 10.2 Å². The number of benzene rings is 1. The number of nitrogens with one attached hydrogen (secondary N) is 2. The van der Waals surface area contributed by atoms with Gasteiger partial charge in [-0.1, -0.05) is 6.07 Å². The van der Waals surface area contributed by atoms with Gasteiger partial charge in [-0.2, -0.15) is 11.8 Å². The Bertz CT molecular complexity index is 603. The molecule has 1 fully saturated rings. The number of thioether (sulfide) groups is 1. The Balaban J connectivity index is 1.72. The van der Waals surface area contributed by atoms with Crippen LogP contribution in [0.15, 0.2) is 23.2 Å². The molecule has 1 aromatic rings. The molecule has 138 valence electrons. The van der Waals surface area contributed by atoms with E-state index in [0.717, 1.165) is 62.4 Å². The van der Waals surface area contributed by atoms with E-state index in [2.05, 4.69) is 34.0 Å². The van der Waals surface area contributed by atoms with Crippen molar-refractivity contribution in [3.63, 3.8) is 0 Å². The zero-order valence-corrected chi connectivity index (χ0v) is 15.8. The average Bonchev–Trinajstić information content (AvgIpc) is 3.13. The standard InChI is InChI=1S/C18H27N3O3S/c1-19-17(20-7-10-25-2)21-12-18(5-8-22-9-6-18)14-3-4-15-16(11-14)24-13-23-15/h3-4,11H,5-10,12-13H2,1-2H3,(H2,19,20,21). The maximum absolute atomic E-state index is 5.62. The van der Waals surface area contributed by atoms with E-state index in [1.165, 1.54) is 5.56 Å². The summed E-state index contributed by atoms with van der Waals surface area (Å²) in [7, 11) is 1.81. The van der Waals surface area contributed by atoms with Crippen LogP contribution in [0.2, 0.25) is 0 Å². The minimum Gasteiger partial charge on any atom is -0.454 e. The van der Waals surface area contributed by atoms with Gasteiger partial charge in [0.25, 0.3) is 0 Å². The molecule has 7 heteroatoms. The fraction of sp³-hybridized carbons (Fsp3) is 0.611. The molecule has 0 unspecified atom stereocenters. The number of fused-ring (bicyclic) bond motifs is 1. The summed E-state index contributed by atoms with van der Waals surface area (Å²) in [6.07, 6.45) is 4.05. The Morgan fingerprint density at radius 3 is 2.76 bits per heavy atom. The summed E-state index contributed by atoms with van der Waals surface area (Å²) >= 11 is 1.82. The molecule has 0 aromatic heterocycles. The lowest BCUT2D eigenvalue weighted by Crippen LogP contribution is -2.48. The monoisotopic (exact) mass is 365 g/mol. The number of nitrogens with zero attached hydrogens (tertiary/aromatic N) is 1. The third-order valence-corrected chi connectivity index (χ3v) is 5.46. The molecule has 0 saturated carbocycles. The molecule has 0 amide bonds. The van der Waals surface area contributed by atoms with Gasteiger partial charge >= 0.3 is 0 Å². The normalized spacial score (nSPS) is 18.9. The van der Waals surface area contributed by atoms with E-state index in [4.69, 9.17) is 14.2 Å². The highest BCUT2D eigenvalue weighted by atomic mass is 32.2. The molecule has 0 bridgehead atoms. The Kier molecular flexibility index (Phi) is 6.31. The van der Waals surface area contributed by atoms with Crippen LogP contribution in [0.5, 0.6) is 11.5 Å². The first-order valence-electron chi connectivity index (χ1n) is 8.69. The first-order valence-corrected chi connectivity index (χ1v) is 10.1. The highest BCUT2D eigenvalue weighted by Crippen LogP contribution is 2.40. The topological polar surface area (TPSA) is 64.1 Å². The number of rotatable bonds is 6. The average molecular weight is 365 g/mol. The van der Waals surface area contributed by atoms with Crippen molar-refractivity contribution in [2.24, 2.45) is 4.99 Å². The zero-order valence-electron chi connectivity index (χ0n) is 15.0. The van der Waals surface area contributed by atoms with E-state index in [9.17, 15) is 0 Å². The highest BCUT2D eigenvalue weighted by molar-refractivity contribution is 7.98. The predicted octanol–water partition coefficient (Wildman–Crippen LogP) is 1.99. The van der Waals surface area contributed by atoms with Crippen molar-refractivity contribution >= 4 is 17.7 Å². The van der Waals surface area contributed by atoms with Gasteiger partial charge in [0.2, 0.25) is 6.79 Å². The van der Waals surface area contributed by atoms with Gasteiger partial charge in [-0.15, -0.1) is 0 Å². The molecular weight excluding hydrogens is 338 g/mol. The fourth-order valence-electron chi connectivity index (χ4n) is 3.30. The number of aliphatic imine (C=N–C) groups is 1. The molecule has 6 nitrogen and oxygen atoms in total. The Labute approximate surface area is 153 Å². The van der Waals surface area contributed by atoms with Crippen molar-refractivity contribution in [2.75, 3.05) is 52.2 Å². The van der Waals surface area contributed by atoms with E-state index in [-0.39, 0.29) is 5.41 Å². The van der Waals surface area contributed by atoms with Crippen molar-refractivity contribution in [3.05, 3.63) is 23.8 Å². The van der Waals surface area contributed by atoms with Crippen molar-refractivity contribution < 1.29 is 14.2 Å². The van der Waals surface area contributed by atoms with Crippen LogP contribution in [-0.4, -0.2) is 58.1 Å². The molecule has 3 rings (SSSR count). The summed E-state index contributed by atoms with van der Waals surface area (Å²) in [6.45, 7) is 3.57. The predicted molar refractivity (Wildman–Crippen MR) is 102 cm³/mol. The first-order chi connectivity index (χ1) is 12.3. The molecule has 2 N–H and O–H groups in total. The third-order valence-electron chi connectivity index (χ3n) is 4.85. The number of guanidine groups is 1. The lowest BCUT2D eigenvalue weighted by Gasteiger charge is -2.38. The molecule has 0 atom stereocenters. The zero-order chi connectivity index (χ0) is 17.5. The Morgan fingerprint density at radius 1 is 1.20 bits per heavy atom. The molecule has 1 aromatic carbocycles. The van der Waals surface area contributed by atoms with E-state index in [1.54, 1.807) is 0 Å². The molecule has 2 aliphatic heterocycles. The molecule has 25 heavy (non-hydrogen) atoms. The van der Waals surface area contributed by atoms with Gasteiger partial charge in [-0.3, -0.25) is 4.99 Å². The van der Waals surface area contributed by atoms with Gasteiger partial charge in [0, 0.05) is 44.5 Å². The van der Waals surface area contributed by atoms with Gasteiger partial charge < -0.3 is 24.8 Å². The molecule has 0 spiro atoms. The Hall–Kier alpha value is -1.60. The highest BCUT2D eigenvalue weighted by Gasteiger charge is 2.35. The molecule has 2 heterocycles. The second kappa shape index (κ2) is 8.67. The number of ether oxygens (including phenoxy) is 3. The van der Waals surface area contributed by atoms with Gasteiger partial charge in [0.15, 0.2) is 17.5 Å². The second-order valence-corrected chi connectivity index (χ2v) is 7.29. The fourth-order valence-corrected chi connectivity index (χ4v) is 3.61. The van der Waals surface area contributed by atoms with Crippen molar-refractivity contribution in [1.29, 1.82) is 0 Å². The van der Waals surface area contributed by atoms with Gasteiger partial charge in [-0.05, 0) is 36.8 Å². The van der Waals surface area contributed by atoms with Crippen LogP contribution in [0.3, 0.4) is 0 Å². The summed E-state index contributed by atoms with van der Waals surface area (Å²) in [6, 6.07) is 6.30. The van der Waals surface area contributed by atoms with Crippen LogP contribution < -0.4 is 20.1 Å². The molecule has 2 aliphatic rings. The second-order valence-electron chi connectivity index (χ2n) is 6.31. The summed E-state index contributed by atoms with van der Waals surface area (Å²) in [5.74, 6) is 3.57. The summed E-state index contributed by atoms with van der Waals surface area (Å²) < 4.78 is 16.6. The molecule has 1 saturated heterocycles. The number of hydrogen-bond donors (Lipinski definition) is 2. The van der Waals surface area contributed by atoms with E-state index >= 15 is 0 Å². The molecule has 0 radical (unpaired) electrons. The Morgan fingerprint density at radius 2 is 2.00 bits per heavy atom. The maximum atomic E-state index is 5.62. The minimum absolute atomic E-state index is 0.0103. The van der Waals surface area contributed by atoms with Gasteiger partial charge in [0.1, 0.15) is 0 Å². The largest absolute Gasteiger partial charge is 0.454 e. The van der Waals surface area contributed by atoms with Gasteiger partial charge in [0.05, 0.1) is 0 Å². The maximum Gasteiger partial charge on any atom is 0.231 e. The molecular formula is C18H27N3O3S. The smallest absolute Gasteiger partial charge is 0.231 e. The lowest BCUT2D eigenvalue weighted by molar-refractivity contribution is 0.0513. The summed E-state index contributed by atoms with van der Waals surface area (Å²) in [5, 5.41) is 6.87. The van der Waals surface area contributed by atoms with Crippen LogP contribution in [0.4, 0.5) is 0 Å². The lowest BCUT2D eigenvalue weighted by atomic mass is 9.74. The van der Waals surface area contributed by atoms with E-state index in [0.29, 0.717) is 6.79 Å². The summed E-state index contributed by atoms with van der Waals surface area (Å²) in [5.41, 5.74) is 1.28. The van der Waals surface area contributed by atoms with Crippen molar-refractivity contribution in [1.82, 2.24) is 10.6 Å². The van der Waals surface area contributed by atoms with Crippen LogP contribution in [0, 0.1) is 0 Å². The number of hydrogen-bond acceptors (Lipinski definition) is 5. The van der Waals surface area contributed by atoms with Crippen molar-refractivity contribution in [3.8, 4) is 11.5 Å². The van der Waals surface area contributed by atoms with E-state index < -0.39 is 0 Å². The summed E-state index contributed by atoms with van der Waals surface area (Å²) in [4.78, 5) is 4.34. The van der Waals surface area contributed by atoms with Crippen LogP contribution in [0.25, 0.3) is 0 Å². The minimum atomic E-state index is 0.0103. The molecule has 0 aliphatic carbocycles. The van der Waals surface area contributed by atoms with E-state index in [1.807, 2.05) is 24.9 Å². The van der Waals surface area contributed by atoms with Crippen molar-refractivity contribution in [2.45, 2.75) is 18.3 Å². The first kappa shape index (κ1) is 18.2. The SMILES string of the molecule is CN=C(NCCSC)NCC1(c2ccc3c(c2)OCO3)CCOCC1. The quantitative estimate of drug-likeness (QED) is 0.457. The third kappa shape index (κ3) is 4.33. The van der Waals surface area contributed by atoms with Crippen LogP contribution in [0.1, 0.15) is 18.4 Å². The van der Waals surface area contributed by atoms with Gasteiger partial charge in [-0.25, -0.2) is 0 Å². The van der Waals surface area contributed by atoms with Crippen LogP contribution >= 0.6 is 11.8 Å².